The summed E-state index contributed by atoms with van der Waals surface area (Å²) in [7, 11) is 0. The van der Waals surface area contributed by atoms with E-state index >= 15 is 0 Å². The Balaban J connectivity index is 2.28. The molecule has 1 aliphatic heterocycles. The third kappa shape index (κ3) is 1.87. The van der Waals surface area contributed by atoms with Crippen LogP contribution in [0.2, 0.25) is 0 Å². The highest BCUT2D eigenvalue weighted by atomic mass is 16.3. The van der Waals surface area contributed by atoms with E-state index in [9.17, 15) is 5.11 Å². The van der Waals surface area contributed by atoms with Crippen LogP contribution in [0.3, 0.4) is 0 Å². The van der Waals surface area contributed by atoms with Crippen LogP contribution >= 0.6 is 0 Å². The SMILES string of the molecule is CCN1CC(CCCN)c2c(O)cccc21. The number of benzene rings is 1. The summed E-state index contributed by atoms with van der Waals surface area (Å²) in [6, 6.07) is 5.80. The highest BCUT2D eigenvalue weighted by molar-refractivity contribution is 5.64. The lowest BCUT2D eigenvalue weighted by molar-refractivity contribution is 0.461. The molecule has 0 aliphatic carbocycles. The molecule has 0 radical (unpaired) electrons. The Morgan fingerprint density at radius 1 is 1.50 bits per heavy atom. The van der Waals surface area contributed by atoms with Gasteiger partial charge in [-0.3, -0.25) is 0 Å². The van der Waals surface area contributed by atoms with Crippen molar-refractivity contribution >= 4 is 5.69 Å². The van der Waals surface area contributed by atoms with E-state index in [1.807, 2.05) is 6.07 Å². The Morgan fingerprint density at radius 3 is 3.00 bits per heavy atom. The molecule has 1 unspecified atom stereocenters. The molecule has 1 aromatic rings. The van der Waals surface area contributed by atoms with E-state index in [4.69, 9.17) is 5.73 Å². The van der Waals surface area contributed by atoms with Crippen LogP contribution in [0.5, 0.6) is 5.75 Å². The van der Waals surface area contributed by atoms with E-state index in [0.29, 0.717) is 11.7 Å². The van der Waals surface area contributed by atoms with Crippen LogP contribution in [0.25, 0.3) is 0 Å². The van der Waals surface area contributed by atoms with E-state index in [2.05, 4.69) is 17.9 Å². The van der Waals surface area contributed by atoms with Crippen molar-refractivity contribution in [1.29, 1.82) is 0 Å². The molecule has 1 aromatic carbocycles. The molecule has 3 heteroatoms. The third-order valence-corrected chi connectivity index (χ3v) is 3.39. The van der Waals surface area contributed by atoms with E-state index in [-0.39, 0.29) is 0 Å². The number of phenols is 1. The number of anilines is 1. The van der Waals surface area contributed by atoms with Crippen molar-refractivity contribution in [3.8, 4) is 5.75 Å². The van der Waals surface area contributed by atoms with Crippen molar-refractivity contribution in [2.45, 2.75) is 25.7 Å². The fourth-order valence-electron chi connectivity index (χ4n) is 2.59. The van der Waals surface area contributed by atoms with Crippen LogP contribution in [-0.2, 0) is 0 Å². The summed E-state index contributed by atoms with van der Waals surface area (Å²) in [5.74, 6) is 0.884. The van der Waals surface area contributed by atoms with Crippen LogP contribution < -0.4 is 10.6 Å². The maximum Gasteiger partial charge on any atom is 0.121 e. The molecule has 0 amide bonds. The van der Waals surface area contributed by atoms with Gasteiger partial charge in [0.15, 0.2) is 0 Å². The number of likely N-dealkylation sites (N-methyl/N-ethyl adjacent to an activating group) is 1. The van der Waals surface area contributed by atoms with Crippen molar-refractivity contribution in [2.75, 3.05) is 24.5 Å². The van der Waals surface area contributed by atoms with Crippen molar-refractivity contribution in [2.24, 2.45) is 5.73 Å². The van der Waals surface area contributed by atoms with Gasteiger partial charge in [0.1, 0.15) is 5.75 Å². The predicted octanol–water partition coefficient (Wildman–Crippen LogP) is 2.05. The second-order valence-electron chi connectivity index (χ2n) is 4.38. The van der Waals surface area contributed by atoms with Crippen molar-refractivity contribution in [1.82, 2.24) is 0 Å². The molecule has 1 atom stereocenters. The number of phenolic OH excluding ortho intramolecular Hbond substituents is 1. The van der Waals surface area contributed by atoms with Gasteiger partial charge in [-0.2, -0.15) is 0 Å². The Bertz CT molecular complexity index is 365. The standard InChI is InChI=1S/C13H20N2O/c1-2-15-9-10(5-4-8-14)13-11(15)6-3-7-12(13)16/h3,6-7,10,16H,2,4-5,8-9,14H2,1H3. The van der Waals surface area contributed by atoms with Gasteiger partial charge in [-0.25, -0.2) is 0 Å². The Kier molecular flexibility index (Phi) is 3.34. The topological polar surface area (TPSA) is 49.5 Å². The molecular weight excluding hydrogens is 200 g/mol. The molecule has 1 heterocycles. The number of rotatable bonds is 4. The highest BCUT2D eigenvalue weighted by Gasteiger charge is 2.29. The van der Waals surface area contributed by atoms with Gasteiger partial charge in [-0.1, -0.05) is 6.07 Å². The summed E-state index contributed by atoms with van der Waals surface area (Å²) in [6.07, 6.45) is 2.09. The quantitative estimate of drug-likeness (QED) is 0.816. The van der Waals surface area contributed by atoms with Gasteiger partial charge >= 0.3 is 0 Å². The maximum atomic E-state index is 9.96. The normalized spacial score (nSPS) is 18.9. The predicted molar refractivity (Wildman–Crippen MR) is 67.0 cm³/mol. The summed E-state index contributed by atoms with van der Waals surface area (Å²) in [5.41, 5.74) is 7.88. The first kappa shape index (κ1) is 11.3. The first-order valence-corrected chi connectivity index (χ1v) is 6.04. The molecule has 0 spiro atoms. The lowest BCUT2D eigenvalue weighted by atomic mass is 9.95. The molecule has 0 aromatic heterocycles. The molecule has 0 fully saturated rings. The van der Waals surface area contributed by atoms with Gasteiger partial charge in [0.2, 0.25) is 0 Å². The van der Waals surface area contributed by atoms with Gasteiger partial charge < -0.3 is 15.7 Å². The Morgan fingerprint density at radius 2 is 2.31 bits per heavy atom. The van der Waals surface area contributed by atoms with Crippen LogP contribution in [0.4, 0.5) is 5.69 Å². The summed E-state index contributed by atoms with van der Waals surface area (Å²) in [4.78, 5) is 2.33. The third-order valence-electron chi connectivity index (χ3n) is 3.39. The molecule has 0 saturated heterocycles. The van der Waals surface area contributed by atoms with Crippen molar-refractivity contribution in [3.05, 3.63) is 23.8 Å². The molecular formula is C13H20N2O. The fourth-order valence-corrected chi connectivity index (χ4v) is 2.59. The summed E-state index contributed by atoms with van der Waals surface area (Å²) >= 11 is 0. The lowest BCUT2D eigenvalue weighted by Crippen LogP contribution is -2.21. The number of hydrogen-bond donors (Lipinski definition) is 2. The van der Waals surface area contributed by atoms with Gasteiger partial charge in [0, 0.05) is 30.3 Å². The number of aromatic hydroxyl groups is 1. The number of fused-ring (bicyclic) bond motifs is 1. The van der Waals surface area contributed by atoms with Gasteiger partial charge in [-0.05, 0) is 38.4 Å². The second-order valence-corrected chi connectivity index (χ2v) is 4.38. The zero-order valence-corrected chi connectivity index (χ0v) is 9.82. The largest absolute Gasteiger partial charge is 0.508 e. The Hall–Kier alpha value is -1.22. The number of nitrogens with zero attached hydrogens (tertiary/aromatic N) is 1. The first-order valence-electron chi connectivity index (χ1n) is 6.04. The Labute approximate surface area is 96.9 Å². The average Bonchev–Trinajstić information content (AvgIpc) is 2.66. The lowest BCUT2D eigenvalue weighted by Gasteiger charge is -2.16. The monoisotopic (exact) mass is 220 g/mol. The van der Waals surface area contributed by atoms with Gasteiger partial charge in [-0.15, -0.1) is 0 Å². The smallest absolute Gasteiger partial charge is 0.121 e. The van der Waals surface area contributed by atoms with E-state index in [1.165, 1.54) is 5.69 Å². The molecule has 2 rings (SSSR count). The summed E-state index contributed by atoms with van der Waals surface area (Å²) in [5, 5.41) is 9.96. The van der Waals surface area contributed by atoms with Crippen molar-refractivity contribution in [3.63, 3.8) is 0 Å². The molecule has 3 nitrogen and oxygen atoms in total. The molecule has 88 valence electrons. The molecule has 3 N–H and O–H groups in total. The number of nitrogens with two attached hydrogens (primary N) is 1. The summed E-state index contributed by atoms with van der Waals surface area (Å²) < 4.78 is 0. The van der Waals surface area contributed by atoms with Crippen LogP contribution in [0.15, 0.2) is 18.2 Å². The second kappa shape index (κ2) is 4.74. The minimum absolute atomic E-state index is 0.440. The molecule has 16 heavy (non-hydrogen) atoms. The number of hydrogen-bond acceptors (Lipinski definition) is 3. The zero-order valence-electron chi connectivity index (χ0n) is 9.82. The van der Waals surface area contributed by atoms with Crippen LogP contribution in [0.1, 0.15) is 31.2 Å². The minimum Gasteiger partial charge on any atom is -0.508 e. The van der Waals surface area contributed by atoms with E-state index in [1.54, 1.807) is 6.07 Å². The highest BCUT2D eigenvalue weighted by Crippen LogP contribution is 2.43. The van der Waals surface area contributed by atoms with Crippen molar-refractivity contribution < 1.29 is 5.11 Å². The average molecular weight is 220 g/mol. The minimum atomic E-state index is 0.440. The fraction of sp³-hybridized carbons (Fsp3) is 0.538. The van der Waals surface area contributed by atoms with E-state index in [0.717, 1.165) is 38.0 Å². The molecule has 0 saturated carbocycles. The van der Waals surface area contributed by atoms with Crippen LogP contribution in [-0.4, -0.2) is 24.7 Å². The maximum absolute atomic E-state index is 9.96. The van der Waals surface area contributed by atoms with E-state index < -0.39 is 0 Å². The molecule has 1 aliphatic rings. The van der Waals surface area contributed by atoms with Gasteiger partial charge in [0.05, 0.1) is 0 Å². The van der Waals surface area contributed by atoms with Crippen LogP contribution in [0, 0.1) is 0 Å². The first-order chi connectivity index (χ1) is 7.77. The van der Waals surface area contributed by atoms with Gasteiger partial charge in [0.25, 0.3) is 0 Å². The molecule has 0 bridgehead atoms. The zero-order chi connectivity index (χ0) is 11.5. The summed E-state index contributed by atoms with van der Waals surface area (Å²) in [6.45, 7) is 4.89.